The van der Waals surface area contributed by atoms with Crippen molar-refractivity contribution in [2.24, 2.45) is 11.5 Å². The summed E-state index contributed by atoms with van der Waals surface area (Å²) in [6.45, 7) is 0. The third kappa shape index (κ3) is 770. The molecule has 0 aliphatic heterocycles. The largest absolute Gasteiger partial charge is 1.00 e. The summed E-state index contributed by atoms with van der Waals surface area (Å²) in [6.07, 6.45) is 0. The van der Waals surface area contributed by atoms with E-state index >= 15 is 0 Å². The molecule has 0 heterocycles. The Kier molecular flexibility index (Phi) is 71.8. The number of amides is 2. The van der Waals surface area contributed by atoms with Crippen molar-refractivity contribution >= 4 is 35.7 Å². The number of rotatable bonds is 0. The molecule has 0 atom stereocenters. The third-order valence-corrected chi connectivity index (χ3v) is 0. The molecule has 0 saturated carbocycles. The predicted molar refractivity (Wildman–Crippen MR) is 53.1 cm³/mol. The summed E-state index contributed by atoms with van der Waals surface area (Å²) < 4.78 is 0. The van der Waals surface area contributed by atoms with Crippen LogP contribution in [0.4, 0.5) is 9.59 Å². The SMILES string of the molecule is C.CO.NC(=O)S.NC(=O)S.[H-].[K+]. The second-order valence-corrected chi connectivity index (χ2v) is 1.56. The van der Waals surface area contributed by atoms with Gasteiger partial charge in [0.25, 0.3) is 10.5 Å². The predicted octanol–water partition coefficient (Wildman–Crippen LogP) is -2.65. The van der Waals surface area contributed by atoms with E-state index in [4.69, 9.17) is 14.7 Å². The maximum absolute atomic E-state index is 9.09. The molecule has 8 heteroatoms. The normalized spacial score (nSPS) is 4.67. The quantitative estimate of drug-likeness (QED) is 0.237. The molecule has 5 nitrogen and oxygen atoms in total. The fourth-order valence-corrected chi connectivity index (χ4v) is 0. The minimum absolute atomic E-state index is 0. The molecule has 0 rings (SSSR count). The van der Waals surface area contributed by atoms with Gasteiger partial charge in [0.1, 0.15) is 0 Å². The van der Waals surface area contributed by atoms with Gasteiger partial charge in [0.2, 0.25) is 0 Å². The maximum Gasteiger partial charge on any atom is 1.00 e. The standard InChI is InChI=1S/2CH3NOS.CH4O.CH4.K.H/c2*2-1(3)4;1-2;;;/h2*(H3,2,3,4);2H,1H3;1H4;;/q;;;;+1;-1. The third-order valence-electron chi connectivity index (χ3n) is 0. The van der Waals surface area contributed by atoms with E-state index in [2.05, 4.69) is 36.7 Å². The first kappa shape index (κ1) is 29.2. The first-order valence-electron chi connectivity index (χ1n) is 1.88. The zero-order chi connectivity index (χ0) is 9.15. The number of thiol groups is 2. The Morgan fingerprint density at radius 2 is 1.17 bits per heavy atom. The van der Waals surface area contributed by atoms with Crippen molar-refractivity contribution in [2.75, 3.05) is 7.11 Å². The number of primary amides is 2. The minimum atomic E-state index is -0.639. The number of aliphatic hydroxyl groups excluding tert-OH is 1. The number of carbonyl (C=O) groups is 2. The molecule has 72 valence electrons. The van der Waals surface area contributed by atoms with Crippen LogP contribution in [0.2, 0.25) is 0 Å². The first-order chi connectivity index (χ1) is 4.46. The van der Waals surface area contributed by atoms with Crippen LogP contribution in [-0.4, -0.2) is 22.7 Å². The summed E-state index contributed by atoms with van der Waals surface area (Å²) in [4.78, 5) is 18.2. The van der Waals surface area contributed by atoms with Crippen LogP contribution in [0.5, 0.6) is 0 Å². The van der Waals surface area contributed by atoms with Gasteiger partial charge in [-0.25, -0.2) is 0 Å². The minimum Gasteiger partial charge on any atom is -1.00 e. The van der Waals surface area contributed by atoms with Crippen LogP contribution in [-0.2, 0) is 0 Å². The van der Waals surface area contributed by atoms with Crippen LogP contribution in [0, 0.1) is 0 Å². The van der Waals surface area contributed by atoms with Gasteiger partial charge in [-0.15, -0.1) is 0 Å². The fourth-order valence-electron chi connectivity index (χ4n) is 0. The first-order valence-corrected chi connectivity index (χ1v) is 2.77. The number of aliphatic hydroxyl groups is 1. The second kappa shape index (κ2) is 29.5. The van der Waals surface area contributed by atoms with Crippen molar-refractivity contribution in [3.05, 3.63) is 0 Å². The summed E-state index contributed by atoms with van der Waals surface area (Å²) in [6, 6.07) is 0. The van der Waals surface area contributed by atoms with Crippen LogP contribution < -0.4 is 62.9 Å². The van der Waals surface area contributed by atoms with E-state index in [1.54, 1.807) is 0 Å². The topological polar surface area (TPSA) is 106 Å². The molecule has 0 unspecified atom stereocenters. The Morgan fingerprint density at radius 3 is 1.17 bits per heavy atom. The number of hydrogen-bond acceptors (Lipinski definition) is 3. The Morgan fingerprint density at radius 1 is 1.17 bits per heavy atom. The Bertz CT molecular complexity index is 89.4. The van der Waals surface area contributed by atoms with Crippen LogP contribution in [0.25, 0.3) is 0 Å². The van der Waals surface area contributed by atoms with Gasteiger partial charge in [-0.05, 0) is 0 Å². The fraction of sp³-hybridized carbons (Fsp3) is 0.500. The van der Waals surface area contributed by atoms with Crippen molar-refractivity contribution in [1.82, 2.24) is 0 Å². The molecule has 0 aliphatic rings. The van der Waals surface area contributed by atoms with Crippen molar-refractivity contribution in [3.63, 3.8) is 0 Å². The van der Waals surface area contributed by atoms with E-state index in [0.717, 1.165) is 7.11 Å². The van der Waals surface area contributed by atoms with Gasteiger partial charge in [-0.3, -0.25) is 9.59 Å². The molecule has 0 bridgehead atoms. The van der Waals surface area contributed by atoms with Crippen molar-refractivity contribution < 1.29 is 67.5 Å². The van der Waals surface area contributed by atoms with E-state index in [1.807, 2.05) is 0 Å². The number of hydrogen-bond donors (Lipinski definition) is 5. The van der Waals surface area contributed by atoms with Gasteiger partial charge >= 0.3 is 51.4 Å². The Hall–Kier alpha value is 1.24. The molecule has 0 fully saturated rings. The second-order valence-electron chi connectivity index (χ2n) is 0.676. The van der Waals surface area contributed by atoms with Gasteiger partial charge in [0, 0.05) is 7.11 Å². The number of carbonyl (C=O) groups excluding carboxylic acids is 2. The molecule has 0 aromatic carbocycles. The molecular weight excluding hydrogens is 227 g/mol. The molecule has 0 aromatic heterocycles. The van der Waals surface area contributed by atoms with Crippen molar-refractivity contribution in [1.29, 1.82) is 0 Å². The van der Waals surface area contributed by atoms with Crippen molar-refractivity contribution in [2.45, 2.75) is 7.43 Å². The van der Waals surface area contributed by atoms with Crippen LogP contribution in [0.1, 0.15) is 8.85 Å². The van der Waals surface area contributed by atoms with Gasteiger partial charge in [0.15, 0.2) is 0 Å². The molecule has 0 spiro atoms. The number of nitrogens with two attached hydrogens (primary N) is 2. The summed E-state index contributed by atoms with van der Waals surface area (Å²) in [5.41, 5.74) is 8.67. The van der Waals surface area contributed by atoms with Gasteiger partial charge in [-0.1, -0.05) is 32.7 Å². The summed E-state index contributed by atoms with van der Waals surface area (Å²) >= 11 is 6.21. The van der Waals surface area contributed by atoms with Gasteiger partial charge < -0.3 is 18.0 Å². The Labute approximate surface area is 127 Å². The van der Waals surface area contributed by atoms with E-state index in [-0.39, 0.29) is 60.2 Å². The molecule has 12 heavy (non-hydrogen) atoms. The summed E-state index contributed by atoms with van der Waals surface area (Å²) in [7, 11) is 1.00. The molecule has 2 amide bonds. The van der Waals surface area contributed by atoms with E-state index in [1.165, 1.54) is 0 Å². The molecule has 5 N–H and O–H groups in total. The zero-order valence-corrected chi connectivity index (χ0v) is 11.2. The van der Waals surface area contributed by atoms with E-state index in [9.17, 15) is 0 Å². The zero-order valence-electron chi connectivity index (χ0n) is 7.31. The van der Waals surface area contributed by atoms with Gasteiger partial charge in [-0.2, -0.15) is 0 Å². The molecule has 0 saturated heterocycles. The maximum atomic E-state index is 9.09. The van der Waals surface area contributed by atoms with Crippen LogP contribution in [0.3, 0.4) is 0 Å². The molecule has 0 aliphatic carbocycles. The molecule has 0 aromatic rings. The van der Waals surface area contributed by atoms with Crippen LogP contribution in [0.15, 0.2) is 0 Å². The summed E-state index contributed by atoms with van der Waals surface area (Å²) in [5, 5.41) is 5.72. The van der Waals surface area contributed by atoms with Crippen molar-refractivity contribution in [3.8, 4) is 0 Å². The van der Waals surface area contributed by atoms with E-state index < -0.39 is 10.5 Å². The Balaban J connectivity index is -0.0000000133. The van der Waals surface area contributed by atoms with E-state index in [0.29, 0.717) is 0 Å². The van der Waals surface area contributed by atoms with Gasteiger partial charge in [0.05, 0.1) is 0 Å². The average molecular weight is 242 g/mol. The monoisotopic (exact) mass is 242 g/mol. The average Bonchev–Trinajstić information content (AvgIpc) is 1.66. The molecular formula is C4H15KN2O3S2. The summed E-state index contributed by atoms with van der Waals surface area (Å²) in [5.74, 6) is 0. The smallest absolute Gasteiger partial charge is 1.00 e. The molecule has 0 radical (unpaired) electrons. The van der Waals surface area contributed by atoms with Crippen LogP contribution >= 0.6 is 25.3 Å².